The van der Waals surface area contributed by atoms with Crippen LogP contribution in [-0.4, -0.2) is 7.11 Å². The number of hydrogen-bond acceptors (Lipinski definition) is 2. The van der Waals surface area contributed by atoms with Crippen LogP contribution >= 0.6 is 47.8 Å². The highest BCUT2D eigenvalue weighted by molar-refractivity contribution is 9.11. The minimum atomic E-state index is -0.341. The molecule has 2 aromatic rings. The summed E-state index contributed by atoms with van der Waals surface area (Å²) in [5.74, 6) is -0.0925. The third kappa shape index (κ3) is 3.54. The first-order valence-corrected chi connectivity index (χ1v) is 8.10. The second-order valence-electron chi connectivity index (χ2n) is 4.03. The molecular weight excluding hydrogens is 457 g/mol. The van der Waals surface area contributed by atoms with Gasteiger partial charge >= 0.3 is 0 Å². The second-order valence-corrected chi connectivity index (χ2v) is 6.66. The average molecular weight is 468 g/mol. The van der Waals surface area contributed by atoms with Gasteiger partial charge in [0.05, 0.1) is 12.8 Å². The Morgan fingerprint density at radius 2 is 1.80 bits per heavy atom. The molecule has 0 radical (unpaired) electrons. The van der Waals surface area contributed by atoms with Gasteiger partial charge in [0, 0.05) is 25.5 Å². The summed E-state index contributed by atoms with van der Waals surface area (Å²) in [6.45, 7) is 0.363. The molecule has 0 saturated heterocycles. The molecule has 0 fully saturated rings. The van der Waals surface area contributed by atoms with E-state index in [2.05, 4.69) is 53.1 Å². The maximum Gasteiger partial charge on any atom is 0.170 e. The number of halogens is 4. The van der Waals surface area contributed by atoms with Gasteiger partial charge in [-0.05, 0) is 50.1 Å². The van der Waals surface area contributed by atoms with Gasteiger partial charge in [0.1, 0.15) is 0 Å². The predicted molar refractivity (Wildman–Crippen MR) is 89.8 cm³/mol. The molecule has 106 valence electrons. The number of anilines is 1. The molecule has 0 heterocycles. The van der Waals surface area contributed by atoms with Crippen molar-refractivity contribution in [1.82, 2.24) is 0 Å². The highest BCUT2D eigenvalue weighted by atomic mass is 79.9. The van der Waals surface area contributed by atoms with Crippen LogP contribution in [-0.2, 0) is 6.54 Å². The number of ether oxygens (including phenoxy) is 1. The van der Waals surface area contributed by atoms with E-state index in [1.54, 1.807) is 18.2 Å². The predicted octanol–water partition coefficient (Wildman–Crippen LogP) is 5.73. The zero-order valence-electron chi connectivity index (χ0n) is 10.5. The molecule has 2 rings (SSSR count). The Labute approximate surface area is 142 Å². The maximum absolute atomic E-state index is 14.0. The lowest BCUT2D eigenvalue weighted by molar-refractivity contribution is 0.384. The average Bonchev–Trinajstić information content (AvgIpc) is 2.39. The molecular formula is C14H11Br3FNO. The van der Waals surface area contributed by atoms with Crippen molar-refractivity contribution in [2.24, 2.45) is 0 Å². The van der Waals surface area contributed by atoms with Crippen LogP contribution in [0.25, 0.3) is 0 Å². The van der Waals surface area contributed by atoms with Gasteiger partial charge in [-0.3, -0.25) is 0 Å². The summed E-state index contributed by atoms with van der Waals surface area (Å²) < 4.78 is 21.8. The summed E-state index contributed by atoms with van der Waals surface area (Å²) in [6.07, 6.45) is 0. The third-order valence-corrected chi connectivity index (χ3v) is 4.43. The molecule has 0 bridgehead atoms. The summed E-state index contributed by atoms with van der Waals surface area (Å²) in [4.78, 5) is 0. The van der Waals surface area contributed by atoms with Gasteiger partial charge in [0.2, 0.25) is 0 Å². The smallest absolute Gasteiger partial charge is 0.170 e. The number of nitrogens with one attached hydrogen (secondary N) is 1. The van der Waals surface area contributed by atoms with Gasteiger partial charge in [-0.1, -0.05) is 28.1 Å². The van der Waals surface area contributed by atoms with Crippen LogP contribution in [0.2, 0.25) is 0 Å². The van der Waals surface area contributed by atoms with E-state index in [0.717, 1.165) is 19.1 Å². The van der Waals surface area contributed by atoms with E-state index in [1.165, 1.54) is 7.11 Å². The summed E-state index contributed by atoms with van der Waals surface area (Å²) in [7, 11) is 1.46. The molecule has 0 spiro atoms. The fourth-order valence-electron chi connectivity index (χ4n) is 1.75. The van der Waals surface area contributed by atoms with Crippen LogP contribution in [0.5, 0.6) is 5.75 Å². The van der Waals surface area contributed by atoms with Crippen molar-refractivity contribution in [3.05, 3.63) is 55.1 Å². The fraction of sp³-hybridized carbons (Fsp3) is 0.143. The molecule has 0 amide bonds. The summed E-state index contributed by atoms with van der Waals surface area (Å²) in [6, 6.07) is 8.95. The normalized spacial score (nSPS) is 10.4. The first-order valence-electron chi connectivity index (χ1n) is 5.72. The van der Waals surface area contributed by atoms with Crippen LogP contribution in [0.15, 0.2) is 43.7 Å². The van der Waals surface area contributed by atoms with E-state index in [1.807, 2.05) is 12.1 Å². The maximum atomic E-state index is 14.0. The standard InChI is InChI=1S/C14H11Br3FNO/c1-20-12-4-2-3-8(13(12)18)7-19-14-10(16)5-9(15)6-11(14)17/h2-6,19H,7H2,1H3. The molecule has 2 nitrogen and oxygen atoms in total. The summed E-state index contributed by atoms with van der Waals surface area (Å²) in [5.41, 5.74) is 1.42. The van der Waals surface area contributed by atoms with Crippen LogP contribution in [0.3, 0.4) is 0 Å². The highest BCUT2D eigenvalue weighted by Crippen LogP contribution is 2.35. The molecule has 6 heteroatoms. The monoisotopic (exact) mass is 465 g/mol. The SMILES string of the molecule is COc1cccc(CNc2c(Br)cc(Br)cc2Br)c1F. The number of methoxy groups -OCH3 is 1. The lowest BCUT2D eigenvalue weighted by Crippen LogP contribution is -2.04. The van der Waals surface area contributed by atoms with Gasteiger partial charge in [-0.2, -0.15) is 0 Å². The quantitative estimate of drug-likeness (QED) is 0.619. The van der Waals surface area contributed by atoms with E-state index in [-0.39, 0.29) is 11.6 Å². The molecule has 0 unspecified atom stereocenters. The van der Waals surface area contributed by atoms with Crippen molar-refractivity contribution in [2.75, 3.05) is 12.4 Å². The molecule has 0 aromatic heterocycles. The Balaban J connectivity index is 2.21. The van der Waals surface area contributed by atoms with Crippen LogP contribution in [0.4, 0.5) is 10.1 Å². The minimum absolute atomic E-state index is 0.248. The highest BCUT2D eigenvalue weighted by Gasteiger charge is 2.10. The van der Waals surface area contributed by atoms with Crippen molar-refractivity contribution in [3.8, 4) is 5.75 Å². The Kier molecular flexibility index (Phi) is 5.46. The third-order valence-electron chi connectivity index (χ3n) is 2.73. The fourth-order valence-corrected chi connectivity index (χ4v) is 4.28. The van der Waals surface area contributed by atoms with Crippen molar-refractivity contribution in [3.63, 3.8) is 0 Å². The van der Waals surface area contributed by atoms with E-state index in [0.29, 0.717) is 12.1 Å². The van der Waals surface area contributed by atoms with E-state index < -0.39 is 0 Å². The first kappa shape index (κ1) is 15.8. The molecule has 0 saturated carbocycles. The van der Waals surface area contributed by atoms with Crippen molar-refractivity contribution >= 4 is 53.5 Å². The molecule has 0 atom stereocenters. The zero-order valence-corrected chi connectivity index (χ0v) is 15.3. The largest absolute Gasteiger partial charge is 0.494 e. The van der Waals surface area contributed by atoms with Crippen LogP contribution in [0.1, 0.15) is 5.56 Å². The van der Waals surface area contributed by atoms with Crippen LogP contribution in [0, 0.1) is 5.82 Å². The summed E-state index contributed by atoms with van der Waals surface area (Å²) in [5, 5.41) is 3.21. The molecule has 20 heavy (non-hydrogen) atoms. The van der Waals surface area contributed by atoms with E-state index >= 15 is 0 Å². The number of hydrogen-bond donors (Lipinski definition) is 1. The van der Waals surface area contributed by atoms with Gasteiger partial charge in [0.25, 0.3) is 0 Å². The Bertz CT molecular complexity index is 611. The van der Waals surface area contributed by atoms with Gasteiger partial charge < -0.3 is 10.1 Å². The Hall–Kier alpha value is -0.590. The van der Waals surface area contributed by atoms with Gasteiger partial charge in [-0.15, -0.1) is 0 Å². The zero-order chi connectivity index (χ0) is 14.7. The van der Waals surface area contributed by atoms with Gasteiger partial charge in [0.15, 0.2) is 11.6 Å². The van der Waals surface area contributed by atoms with Crippen LogP contribution < -0.4 is 10.1 Å². The van der Waals surface area contributed by atoms with Crippen molar-refractivity contribution in [2.45, 2.75) is 6.54 Å². The molecule has 0 aliphatic heterocycles. The van der Waals surface area contributed by atoms with Crippen molar-refractivity contribution < 1.29 is 9.13 Å². The lowest BCUT2D eigenvalue weighted by Gasteiger charge is -2.13. The molecule has 0 aliphatic rings. The van der Waals surface area contributed by atoms with E-state index in [9.17, 15) is 4.39 Å². The molecule has 1 N–H and O–H groups in total. The molecule has 0 aliphatic carbocycles. The number of benzene rings is 2. The Morgan fingerprint density at radius 3 is 2.40 bits per heavy atom. The first-order chi connectivity index (χ1) is 9.52. The van der Waals surface area contributed by atoms with Crippen molar-refractivity contribution in [1.29, 1.82) is 0 Å². The summed E-state index contributed by atoms with van der Waals surface area (Å²) >= 11 is 10.4. The minimum Gasteiger partial charge on any atom is -0.494 e. The second kappa shape index (κ2) is 6.91. The molecule has 2 aromatic carbocycles. The Morgan fingerprint density at radius 1 is 1.15 bits per heavy atom. The topological polar surface area (TPSA) is 21.3 Å². The number of rotatable bonds is 4. The lowest BCUT2D eigenvalue weighted by atomic mass is 10.2. The van der Waals surface area contributed by atoms with E-state index in [4.69, 9.17) is 4.74 Å². The van der Waals surface area contributed by atoms with Gasteiger partial charge in [-0.25, -0.2) is 4.39 Å².